The minimum absolute atomic E-state index is 0.0136. The highest BCUT2D eigenvalue weighted by atomic mass is 16.5. The molecule has 3 aromatic rings. The van der Waals surface area contributed by atoms with E-state index in [9.17, 15) is 5.11 Å². The van der Waals surface area contributed by atoms with Crippen molar-refractivity contribution in [3.05, 3.63) is 71.5 Å². The number of phenols is 1. The molecule has 1 aromatic heterocycles. The first-order valence-electron chi connectivity index (χ1n) is 9.44. The third kappa shape index (κ3) is 3.15. The number of rotatable bonds is 5. The van der Waals surface area contributed by atoms with Crippen molar-refractivity contribution < 1.29 is 19.9 Å². The number of ether oxygens (including phenoxy) is 2. The molecule has 0 aliphatic carbocycles. The Labute approximate surface area is 159 Å². The monoisotopic (exact) mass is 365 g/mol. The molecular weight excluding hydrogens is 340 g/mol. The van der Waals surface area contributed by atoms with Gasteiger partial charge in [-0.15, -0.1) is 0 Å². The van der Waals surface area contributed by atoms with Crippen LogP contribution in [0.3, 0.4) is 0 Å². The van der Waals surface area contributed by atoms with Gasteiger partial charge in [0.15, 0.2) is 17.5 Å². The zero-order valence-corrected chi connectivity index (χ0v) is 15.7. The lowest BCUT2D eigenvalue weighted by Gasteiger charge is -2.16. The minimum atomic E-state index is 0.0136. The van der Waals surface area contributed by atoms with Crippen LogP contribution in [0.25, 0.3) is 5.69 Å². The van der Waals surface area contributed by atoms with E-state index in [0.717, 1.165) is 35.0 Å². The average Bonchev–Trinajstić information content (AvgIpc) is 3.09. The first kappa shape index (κ1) is 17.5. The van der Waals surface area contributed by atoms with Gasteiger partial charge in [0.2, 0.25) is 0 Å². The molecule has 0 unspecified atom stereocenters. The molecule has 0 fully saturated rings. The van der Waals surface area contributed by atoms with Gasteiger partial charge in [0.1, 0.15) is 12.3 Å². The predicted molar refractivity (Wildman–Crippen MR) is 104 cm³/mol. The molecule has 5 nitrogen and oxygen atoms in total. The second kappa shape index (κ2) is 7.37. The fourth-order valence-corrected chi connectivity index (χ4v) is 3.78. The van der Waals surface area contributed by atoms with E-state index < -0.39 is 0 Å². The molecule has 0 radical (unpaired) electrons. The largest absolute Gasteiger partial charge is 0.507 e. The Bertz CT molecular complexity index is 948. The summed E-state index contributed by atoms with van der Waals surface area (Å²) < 4.78 is 13.8. The summed E-state index contributed by atoms with van der Waals surface area (Å²) in [4.78, 5) is 0. The fraction of sp³-hybridized carbons (Fsp3) is 0.273. The SMILES string of the molecule is CCOc1cc2c(cc1OCC)-n1cccc1[C@@H](c1ccccc1O)[NH2+]C2. The maximum absolute atomic E-state index is 10.4. The molecule has 0 bridgehead atoms. The smallest absolute Gasteiger partial charge is 0.163 e. The van der Waals surface area contributed by atoms with Crippen molar-refractivity contribution in [2.45, 2.75) is 26.4 Å². The van der Waals surface area contributed by atoms with E-state index >= 15 is 0 Å². The molecule has 0 amide bonds. The lowest BCUT2D eigenvalue weighted by atomic mass is 10.0. The Hall–Kier alpha value is -2.92. The zero-order valence-electron chi connectivity index (χ0n) is 15.7. The third-order valence-corrected chi connectivity index (χ3v) is 4.95. The van der Waals surface area contributed by atoms with Crippen molar-refractivity contribution in [3.8, 4) is 22.9 Å². The molecule has 2 heterocycles. The molecule has 0 saturated heterocycles. The number of nitrogens with zero attached hydrogens (tertiary/aromatic N) is 1. The van der Waals surface area contributed by atoms with E-state index in [1.807, 2.05) is 38.1 Å². The predicted octanol–water partition coefficient (Wildman–Crippen LogP) is 3.15. The van der Waals surface area contributed by atoms with E-state index in [1.165, 1.54) is 5.56 Å². The number of nitrogens with two attached hydrogens (primary N) is 1. The number of hydrogen-bond acceptors (Lipinski definition) is 3. The second-order valence-electron chi connectivity index (χ2n) is 6.57. The average molecular weight is 365 g/mol. The van der Waals surface area contributed by atoms with Crippen molar-refractivity contribution in [1.82, 2.24) is 4.57 Å². The molecular formula is C22H25N2O3+. The normalized spacial score (nSPS) is 15.6. The molecule has 1 atom stereocenters. The van der Waals surface area contributed by atoms with Crippen LogP contribution in [0.4, 0.5) is 0 Å². The van der Waals surface area contributed by atoms with Gasteiger partial charge < -0.3 is 24.5 Å². The number of aromatic hydroxyl groups is 1. The van der Waals surface area contributed by atoms with Crippen LogP contribution >= 0.6 is 0 Å². The van der Waals surface area contributed by atoms with Gasteiger partial charge >= 0.3 is 0 Å². The molecule has 27 heavy (non-hydrogen) atoms. The Morgan fingerprint density at radius 2 is 1.78 bits per heavy atom. The highest BCUT2D eigenvalue weighted by Crippen LogP contribution is 2.36. The third-order valence-electron chi connectivity index (χ3n) is 4.95. The van der Waals surface area contributed by atoms with Crippen LogP contribution in [0.2, 0.25) is 0 Å². The van der Waals surface area contributed by atoms with Crippen LogP contribution in [-0.2, 0) is 6.54 Å². The van der Waals surface area contributed by atoms with E-state index in [0.29, 0.717) is 19.0 Å². The Morgan fingerprint density at radius 1 is 1.04 bits per heavy atom. The molecule has 3 N–H and O–H groups in total. The summed E-state index contributed by atoms with van der Waals surface area (Å²) in [6.45, 7) is 5.92. The van der Waals surface area contributed by atoms with Gasteiger partial charge in [0, 0.05) is 17.8 Å². The maximum atomic E-state index is 10.4. The number of benzene rings is 2. The number of para-hydroxylation sites is 1. The lowest BCUT2D eigenvalue weighted by molar-refractivity contribution is -0.702. The zero-order chi connectivity index (χ0) is 18.8. The van der Waals surface area contributed by atoms with E-state index in [4.69, 9.17) is 9.47 Å². The number of fused-ring (bicyclic) bond motifs is 3. The number of aromatic nitrogens is 1. The highest BCUT2D eigenvalue weighted by molar-refractivity contribution is 5.56. The summed E-state index contributed by atoms with van der Waals surface area (Å²) in [6, 6.07) is 15.9. The van der Waals surface area contributed by atoms with Crippen LogP contribution < -0.4 is 14.8 Å². The van der Waals surface area contributed by atoms with Crippen LogP contribution in [0.5, 0.6) is 17.2 Å². The molecule has 1 aliphatic heterocycles. The van der Waals surface area contributed by atoms with Gasteiger partial charge in [0.25, 0.3) is 0 Å². The number of quaternary nitrogens is 1. The summed E-state index contributed by atoms with van der Waals surface area (Å²) in [6.07, 6.45) is 2.07. The summed E-state index contributed by atoms with van der Waals surface area (Å²) in [5.41, 5.74) is 4.32. The van der Waals surface area contributed by atoms with E-state index in [2.05, 4.69) is 34.3 Å². The van der Waals surface area contributed by atoms with Crippen molar-refractivity contribution >= 4 is 0 Å². The Kier molecular flexibility index (Phi) is 4.77. The molecule has 1 aliphatic rings. The Balaban J connectivity index is 1.84. The molecule has 140 valence electrons. The summed E-state index contributed by atoms with van der Waals surface area (Å²) in [7, 11) is 0. The van der Waals surface area contributed by atoms with E-state index in [1.54, 1.807) is 6.07 Å². The maximum Gasteiger partial charge on any atom is 0.163 e. The van der Waals surface area contributed by atoms with Gasteiger partial charge in [-0.3, -0.25) is 0 Å². The molecule has 2 aromatic carbocycles. The van der Waals surface area contributed by atoms with Crippen LogP contribution in [0.1, 0.15) is 36.7 Å². The van der Waals surface area contributed by atoms with Crippen LogP contribution in [0, 0.1) is 0 Å². The summed E-state index contributed by atoms with van der Waals surface area (Å²) in [5.74, 6) is 1.86. The Morgan fingerprint density at radius 3 is 2.52 bits per heavy atom. The van der Waals surface area contributed by atoms with Gasteiger partial charge in [-0.05, 0) is 44.2 Å². The molecule has 5 heteroatoms. The summed E-state index contributed by atoms with van der Waals surface area (Å²) >= 11 is 0. The first-order valence-corrected chi connectivity index (χ1v) is 9.44. The topological polar surface area (TPSA) is 60.2 Å². The standard InChI is InChI=1S/C22H24N2O3/c1-3-26-20-12-15-14-23-22(16-8-5-6-10-19(16)25)17-9-7-11-24(17)18(15)13-21(20)27-4-2/h5-13,22-23,25H,3-4,14H2,1-2H3/p+1/t22-/m1/s1. The van der Waals surface area contributed by atoms with Crippen LogP contribution in [-0.4, -0.2) is 22.9 Å². The van der Waals surface area contributed by atoms with Crippen molar-refractivity contribution in [1.29, 1.82) is 0 Å². The van der Waals surface area contributed by atoms with Crippen molar-refractivity contribution in [2.75, 3.05) is 13.2 Å². The van der Waals surface area contributed by atoms with E-state index in [-0.39, 0.29) is 6.04 Å². The van der Waals surface area contributed by atoms with Crippen molar-refractivity contribution in [3.63, 3.8) is 0 Å². The number of phenolic OH excluding ortho intramolecular Hbond substituents is 1. The quantitative estimate of drug-likeness (QED) is 0.730. The minimum Gasteiger partial charge on any atom is -0.507 e. The van der Waals surface area contributed by atoms with Gasteiger partial charge in [-0.1, -0.05) is 12.1 Å². The lowest BCUT2D eigenvalue weighted by Crippen LogP contribution is -2.83. The van der Waals surface area contributed by atoms with Gasteiger partial charge in [-0.25, -0.2) is 0 Å². The van der Waals surface area contributed by atoms with Crippen molar-refractivity contribution in [2.24, 2.45) is 0 Å². The number of hydrogen-bond donors (Lipinski definition) is 2. The van der Waals surface area contributed by atoms with Gasteiger partial charge in [0.05, 0.1) is 30.2 Å². The highest BCUT2D eigenvalue weighted by Gasteiger charge is 2.29. The molecule has 0 saturated carbocycles. The second-order valence-corrected chi connectivity index (χ2v) is 6.57. The molecule has 0 spiro atoms. The fourth-order valence-electron chi connectivity index (χ4n) is 3.78. The first-order chi connectivity index (χ1) is 13.2. The summed E-state index contributed by atoms with van der Waals surface area (Å²) in [5, 5.41) is 12.6. The molecule has 4 rings (SSSR count). The van der Waals surface area contributed by atoms with Gasteiger partial charge in [-0.2, -0.15) is 0 Å². The van der Waals surface area contributed by atoms with Crippen LogP contribution in [0.15, 0.2) is 54.7 Å².